The standard InChI is InChI=1S/C8H5BrClNS/c1-4-6(9)5-2-3-11-8(10)7(5)12-4/h2-3H,1H3. The molecule has 2 aromatic rings. The summed E-state index contributed by atoms with van der Waals surface area (Å²) in [4.78, 5) is 5.25. The highest BCUT2D eigenvalue weighted by atomic mass is 79.9. The molecule has 0 aliphatic heterocycles. The van der Waals surface area contributed by atoms with E-state index in [-0.39, 0.29) is 0 Å². The molecule has 0 bridgehead atoms. The zero-order chi connectivity index (χ0) is 8.72. The molecule has 0 fully saturated rings. The lowest BCUT2D eigenvalue weighted by Gasteiger charge is -1.90. The highest BCUT2D eigenvalue weighted by Crippen LogP contribution is 2.37. The van der Waals surface area contributed by atoms with E-state index in [1.807, 2.05) is 6.07 Å². The van der Waals surface area contributed by atoms with Crippen LogP contribution in [0.1, 0.15) is 4.88 Å². The topological polar surface area (TPSA) is 12.9 Å². The van der Waals surface area contributed by atoms with Crippen LogP contribution in [0.5, 0.6) is 0 Å². The fourth-order valence-electron chi connectivity index (χ4n) is 1.08. The van der Waals surface area contributed by atoms with Crippen LogP contribution in [0.3, 0.4) is 0 Å². The van der Waals surface area contributed by atoms with Crippen LogP contribution in [0, 0.1) is 6.92 Å². The van der Waals surface area contributed by atoms with Gasteiger partial charge in [-0.3, -0.25) is 0 Å². The minimum atomic E-state index is 0.589. The molecule has 0 saturated heterocycles. The van der Waals surface area contributed by atoms with E-state index in [1.165, 1.54) is 4.88 Å². The second-order valence-corrected chi connectivity index (χ2v) is 4.83. The van der Waals surface area contributed by atoms with Crippen LogP contribution in [0.15, 0.2) is 16.7 Å². The molecule has 0 unspecified atom stereocenters. The van der Waals surface area contributed by atoms with Crippen molar-refractivity contribution < 1.29 is 0 Å². The smallest absolute Gasteiger partial charge is 0.146 e. The van der Waals surface area contributed by atoms with E-state index in [0.29, 0.717) is 5.15 Å². The quantitative estimate of drug-likeness (QED) is 0.654. The van der Waals surface area contributed by atoms with E-state index in [2.05, 4.69) is 27.8 Å². The van der Waals surface area contributed by atoms with E-state index in [0.717, 1.165) is 14.6 Å². The van der Waals surface area contributed by atoms with Gasteiger partial charge >= 0.3 is 0 Å². The number of nitrogens with zero attached hydrogens (tertiary/aromatic N) is 1. The first kappa shape index (κ1) is 8.48. The molecule has 0 saturated carbocycles. The van der Waals surface area contributed by atoms with Gasteiger partial charge in [-0.05, 0) is 28.9 Å². The first-order chi connectivity index (χ1) is 5.70. The molecule has 0 N–H and O–H groups in total. The lowest BCUT2D eigenvalue weighted by atomic mass is 10.3. The number of halogens is 2. The Labute approximate surface area is 87.5 Å². The predicted molar refractivity (Wildman–Crippen MR) is 57.1 cm³/mol. The minimum Gasteiger partial charge on any atom is -0.243 e. The Morgan fingerprint density at radius 1 is 1.58 bits per heavy atom. The van der Waals surface area contributed by atoms with Crippen molar-refractivity contribution in [3.05, 3.63) is 26.8 Å². The van der Waals surface area contributed by atoms with Gasteiger partial charge in [0.05, 0.1) is 4.70 Å². The lowest BCUT2D eigenvalue weighted by molar-refractivity contribution is 1.37. The summed E-state index contributed by atoms with van der Waals surface area (Å²) in [5.74, 6) is 0. The number of thiophene rings is 1. The van der Waals surface area contributed by atoms with Gasteiger partial charge in [0.25, 0.3) is 0 Å². The fraction of sp³-hybridized carbons (Fsp3) is 0.125. The SMILES string of the molecule is Cc1sc2c(Cl)nccc2c1Br. The number of hydrogen-bond donors (Lipinski definition) is 0. The first-order valence-corrected chi connectivity index (χ1v) is 5.38. The van der Waals surface area contributed by atoms with Crippen LogP contribution < -0.4 is 0 Å². The largest absolute Gasteiger partial charge is 0.243 e. The summed E-state index contributed by atoms with van der Waals surface area (Å²) in [6.07, 6.45) is 1.72. The van der Waals surface area contributed by atoms with Crippen LogP contribution in [0.4, 0.5) is 0 Å². The third kappa shape index (κ3) is 1.16. The van der Waals surface area contributed by atoms with E-state index < -0.39 is 0 Å². The van der Waals surface area contributed by atoms with Gasteiger partial charge in [0.2, 0.25) is 0 Å². The molecule has 2 heterocycles. The van der Waals surface area contributed by atoms with Gasteiger partial charge in [-0.2, -0.15) is 0 Å². The van der Waals surface area contributed by atoms with Crippen LogP contribution in [0.2, 0.25) is 5.15 Å². The van der Waals surface area contributed by atoms with Crippen LogP contribution in [-0.4, -0.2) is 4.98 Å². The monoisotopic (exact) mass is 261 g/mol. The number of aromatic nitrogens is 1. The molecule has 0 radical (unpaired) electrons. The maximum absolute atomic E-state index is 5.92. The summed E-state index contributed by atoms with van der Waals surface area (Å²) in [6, 6.07) is 1.97. The molecule has 0 aliphatic carbocycles. The normalized spacial score (nSPS) is 10.9. The summed E-state index contributed by atoms with van der Waals surface area (Å²) >= 11 is 11.1. The maximum Gasteiger partial charge on any atom is 0.146 e. The summed E-state index contributed by atoms with van der Waals surface area (Å²) in [5.41, 5.74) is 0. The van der Waals surface area contributed by atoms with Gasteiger partial charge in [-0.25, -0.2) is 4.98 Å². The van der Waals surface area contributed by atoms with Crippen LogP contribution in [-0.2, 0) is 0 Å². The Morgan fingerprint density at radius 2 is 2.33 bits per heavy atom. The highest BCUT2D eigenvalue weighted by Gasteiger charge is 2.08. The Bertz CT molecular complexity index is 438. The Kier molecular flexibility index (Phi) is 2.10. The van der Waals surface area contributed by atoms with Gasteiger partial charge in [0.15, 0.2) is 0 Å². The van der Waals surface area contributed by atoms with Crippen molar-refractivity contribution in [1.29, 1.82) is 0 Å². The summed E-state index contributed by atoms with van der Waals surface area (Å²) < 4.78 is 2.19. The Hall–Kier alpha value is -0.120. The fourth-order valence-corrected chi connectivity index (χ4v) is 2.98. The van der Waals surface area contributed by atoms with Crippen molar-refractivity contribution in [2.75, 3.05) is 0 Å². The molecule has 0 amide bonds. The van der Waals surface area contributed by atoms with Crippen molar-refractivity contribution in [2.45, 2.75) is 6.92 Å². The zero-order valence-electron chi connectivity index (χ0n) is 6.27. The molecular formula is C8H5BrClNS. The molecule has 1 nitrogen and oxygen atoms in total. The molecule has 12 heavy (non-hydrogen) atoms. The van der Waals surface area contributed by atoms with Gasteiger partial charge in [-0.1, -0.05) is 11.6 Å². The minimum absolute atomic E-state index is 0.589. The van der Waals surface area contributed by atoms with Crippen molar-refractivity contribution in [1.82, 2.24) is 4.98 Å². The van der Waals surface area contributed by atoms with Crippen molar-refractivity contribution in [3.63, 3.8) is 0 Å². The van der Waals surface area contributed by atoms with Crippen molar-refractivity contribution >= 4 is 49.0 Å². The van der Waals surface area contributed by atoms with Crippen molar-refractivity contribution in [2.24, 2.45) is 0 Å². The van der Waals surface area contributed by atoms with E-state index in [1.54, 1.807) is 17.5 Å². The lowest BCUT2D eigenvalue weighted by Crippen LogP contribution is -1.71. The zero-order valence-corrected chi connectivity index (χ0v) is 9.42. The van der Waals surface area contributed by atoms with E-state index in [4.69, 9.17) is 11.6 Å². The van der Waals surface area contributed by atoms with Crippen LogP contribution in [0.25, 0.3) is 10.1 Å². The molecular weight excluding hydrogens is 258 g/mol. The number of aryl methyl sites for hydroxylation is 1. The second-order valence-electron chi connectivity index (χ2n) is 2.45. The van der Waals surface area contributed by atoms with Gasteiger partial charge < -0.3 is 0 Å². The maximum atomic E-state index is 5.92. The highest BCUT2D eigenvalue weighted by molar-refractivity contribution is 9.10. The molecule has 0 atom stereocenters. The summed E-state index contributed by atoms with van der Waals surface area (Å²) in [7, 11) is 0. The second kappa shape index (κ2) is 2.98. The number of hydrogen-bond acceptors (Lipinski definition) is 2. The predicted octanol–water partition coefficient (Wildman–Crippen LogP) is 4.02. The van der Waals surface area contributed by atoms with E-state index in [9.17, 15) is 0 Å². The third-order valence-electron chi connectivity index (χ3n) is 1.66. The molecule has 62 valence electrons. The molecule has 4 heteroatoms. The van der Waals surface area contributed by atoms with Gasteiger partial charge in [0, 0.05) is 20.9 Å². The van der Waals surface area contributed by atoms with Gasteiger partial charge in [0.1, 0.15) is 5.15 Å². The van der Waals surface area contributed by atoms with Gasteiger partial charge in [-0.15, -0.1) is 11.3 Å². The number of rotatable bonds is 0. The first-order valence-electron chi connectivity index (χ1n) is 3.39. The average molecular weight is 263 g/mol. The molecule has 0 aliphatic rings. The van der Waals surface area contributed by atoms with Crippen LogP contribution >= 0.6 is 38.9 Å². The summed E-state index contributed by atoms with van der Waals surface area (Å²) in [5, 5.41) is 1.74. The Balaban J connectivity index is 2.95. The molecule has 0 spiro atoms. The Morgan fingerprint density at radius 3 is 3.00 bits per heavy atom. The summed E-state index contributed by atoms with van der Waals surface area (Å²) in [6.45, 7) is 2.06. The molecule has 2 aromatic heterocycles. The number of pyridine rings is 1. The third-order valence-corrected chi connectivity index (χ3v) is 4.47. The van der Waals surface area contributed by atoms with Crippen molar-refractivity contribution in [3.8, 4) is 0 Å². The molecule has 2 rings (SSSR count). The average Bonchev–Trinajstić information content (AvgIpc) is 2.32. The number of fused-ring (bicyclic) bond motifs is 1. The molecule has 0 aromatic carbocycles. The van der Waals surface area contributed by atoms with E-state index >= 15 is 0 Å².